The van der Waals surface area contributed by atoms with E-state index in [-0.39, 0.29) is 12.6 Å². The predicted molar refractivity (Wildman–Crippen MR) is 108 cm³/mol. The molecule has 146 valence electrons. The molecule has 0 bridgehead atoms. The molecule has 0 spiro atoms. The van der Waals surface area contributed by atoms with Gasteiger partial charge in [-0.3, -0.25) is 0 Å². The number of esters is 1. The van der Waals surface area contributed by atoms with Crippen LogP contribution < -0.4 is 9.47 Å². The average molecular weight is 371 g/mol. The molecular weight excluding hydrogens is 342 g/mol. The molecule has 0 N–H and O–H groups in total. The topological polar surface area (TPSA) is 48.0 Å². The minimum atomic E-state index is -0.360. The molecule has 2 aromatic carbocycles. The Kier molecular flexibility index (Phi) is 7.67. The number of carbonyl (C=O) groups is 1. The van der Waals surface area contributed by atoms with Gasteiger partial charge in [-0.25, -0.2) is 4.79 Å². The number of likely N-dealkylation sites (N-methyl/N-ethyl adjacent to an activating group) is 1. The number of nitrogens with zero attached hydrogens (tertiary/aromatic N) is 1. The Bertz CT molecular complexity index is 771. The monoisotopic (exact) mass is 371 g/mol. The molecule has 0 radical (unpaired) electrons. The molecule has 27 heavy (non-hydrogen) atoms. The number of rotatable bonds is 9. The summed E-state index contributed by atoms with van der Waals surface area (Å²) in [5.41, 5.74) is 4.29. The third-order valence-corrected chi connectivity index (χ3v) is 4.13. The Morgan fingerprint density at radius 1 is 0.926 bits per heavy atom. The normalized spacial score (nSPS) is 10.7. The third-order valence-electron chi connectivity index (χ3n) is 4.13. The van der Waals surface area contributed by atoms with Crippen LogP contribution in [0.2, 0.25) is 0 Å². The summed E-state index contributed by atoms with van der Waals surface area (Å²) in [4.78, 5) is 13.5. The zero-order chi connectivity index (χ0) is 19.8. The summed E-state index contributed by atoms with van der Waals surface area (Å²) in [5, 5.41) is 0. The molecule has 0 aliphatic heterocycles. The van der Waals surface area contributed by atoms with Gasteiger partial charge in [0.15, 0.2) is 6.61 Å². The lowest BCUT2D eigenvalue weighted by Gasteiger charge is -2.14. The Morgan fingerprint density at radius 2 is 1.48 bits per heavy atom. The SMILES string of the molecule is CCOC(=O)COc1ccc(-c2ccc(OCCN(C)C)c(C)c2)cc1C. The van der Waals surface area contributed by atoms with Crippen molar-refractivity contribution in [3.05, 3.63) is 47.5 Å². The third kappa shape index (κ3) is 6.29. The van der Waals surface area contributed by atoms with Crippen molar-refractivity contribution in [2.75, 3.05) is 40.5 Å². The molecule has 2 rings (SSSR count). The second-order valence-electron chi connectivity index (χ2n) is 6.71. The van der Waals surface area contributed by atoms with E-state index in [1.807, 2.05) is 39.2 Å². The number of hydrogen-bond donors (Lipinski definition) is 0. The highest BCUT2D eigenvalue weighted by molar-refractivity contribution is 5.71. The van der Waals surface area contributed by atoms with Gasteiger partial charge >= 0.3 is 5.97 Å². The fourth-order valence-electron chi connectivity index (χ4n) is 2.66. The van der Waals surface area contributed by atoms with Crippen LogP contribution in [0.5, 0.6) is 11.5 Å². The lowest BCUT2D eigenvalue weighted by Crippen LogP contribution is -2.19. The van der Waals surface area contributed by atoms with Gasteiger partial charge < -0.3 is 19.1 Å². The summed E-state index contributed by atoms with van der Waals surface area (Å²) in [6, 6.07) is 12.1. The first-order valence-electron chi connectivity index (χ1n) is 9.18. The lowest BCUT2D eigenvalue weighted by atomic mass is 10.0. The van der Waals surface area contributed by atoms with Crippen molar-refractivity contribution in [3.8, 4) is 22.6 Å². The molecule has 0 amide bonds. The van der Waals surface area contributed by atoms with Gasteiger partial charge in [-0.15, -0.1) is 0 Å². The van der Waals surface area contributed by atoms with Gasteiger partial charge in [0, 0.05) is 6.54 Å². The van der Waals surface area contributed by atoms with E-state index in [2.05, 4.69) is 30.0 Å². The van der Waals surface area contributed by atoms with Crippen molar-refractivity contribution in [2.24, 2.45) is 0 Å². The van der Waals surface area contributed by atoms with Crippen molar-refractivity contribution in [2.45, 2.75) is 20.8 Å². The van der Waals surface area contributed by atoms with Crippen molar-refractivity contribution in [1.82, 2.24) is 4.90 Å². The Balaban J connectivity index is 2.06. The van der Waals surface area contributed by atoms with Gasteiger partial charge in [0.2, 0.25) is 0 Å². The molecule has 0 saturated carbocycles. The maximum absolute atomic E-state index is 11.4. The maximum Gasteiger partial charge on any atom is 0.344 e. The lowest BCUT2D eigenvalue weighted by molar-refractivity contribution is -0.145. The van der Waals surface area contributed by atoms with E-state index in [4.69, 9.17) is 14.2 Å². The van der Waals surface area contributed by atoms with Crippen LogP contribution in [0.1, 0.15) is 18.1 Å². The quantitative estimate of drug-likeness (QED) is 0.627. The number of benzene rings is 2. The summed E-state index contributed by atoms with van der Waals surface area (Å²) in [7, 11) is 4.06. The van der Waals surface area contributed by atoms with Crippen molar-refractivity contribution >= 4 is 5.97 Å². The van der Waals surface area contributed by atoms with Crippen LogP contribution in [0.3, 0.4) is 0 Å². The molecular formula is C22H29NO4. The number of hydrogen-bond acceptors (Lipinski definition) is 5. The highest BCUT2D eigenvalue weighted by Crippen LogP contribution is 2.29. The first-order chi connectivity index (χ1) is 12.9. The predicted octanol–water partition coefficient (Wildman–Crippen LogP) is 3.85. The van der Waals surface area contributed by atoms with Gasteiger partial charge in [-0.1, -0.05) is 12.1 Å². The Morgan fingerprint density at radius 3 is 1.96 bits per heavy atom. The van der Waals surface area contributed by atoms with Gasteiger partial charge in [0.1, 0.15) is 18.1 Å². The van der Waals surface area contributed by atoms with E-state index in [1.165, 1.54) is 0 Å². The van der Waals surface area contributed by atoms with Crippen LogP contribution in [0.4, 0.5) is 0 Å². The molecule has 0 unspecified atom stereocenters. The molecule has 0 aliphatic rings. The van der Waals surface area contributed by atoms with Gasteiger partial charge in [0.05, 0.1) is 6.61 Å². The van der Waals surface area contributed by atoms with Crippen LogP contribution in [-0.4, -0.2) is 51.3 Å². The van der Waals surface area contributed by atoms with Crippen LogP contribution in [0.25, 0.3) is 11.1 Å². The zero-order valence-corrected chi connectivity index (χ0v) is 16.9. The minimum absolute atomic E-state index is 0.0773. The van der Waals surface area contributed by atoms with E-state index in [0.717, 1.165) is 34.5 Å². The van der Waals surface area contributed by atoms with Crippen molar-refractivity contribution in [1.29, 1.82) is 0 Å². The molecule has 0 aromatic heterocycles. The first-order valence-corrected chi connectivity index (χ1v) is 9.18. The van der Waals surface area contributed by atoms with E-state index in [0.29, 0.717) is 19.0 Å². The molecule has 5 heteroatoms. The van der Waals surface area contributed by atoms with Crippen LogP contribution in [0, 0.1) is 13.8 Å². The molecule has 2 aromatic rings. The summed E-state index contributed by atoms with van der Waals surface area (Å²) < 4.78 is 16.3. The van der Waals surface area contributed by atoms with Gasteiger partial charge in [-0.2, -0.15) is 0 Å². The largest absolute Gasteiger partial charge is 0.492 e. The molecule has 0 fully saturated rings. The van der Waals surface area contributed by atoms with E-state index in [9.17, 15) is 4.79 Å². The van der Waals surface area contributed by atoms with E-state index >= 15 is 0 Å². The van der Waals surface area contributed by atoms with Crippen molar-refractivity contribution < 1.29 is 19.0 Å². The summed E-state index contributed by atoms with van der Waals surface area (Å²) in [6.45, 7) is 7.62. The minimum Gasteiger partial charge on any atom is -0.492 e. The fourth-order valence-corrected chi connectivity index (χ4v) is 2.66. The van der Waals surface area contributed by atoms with Gasteiger partial charge in [0.25, 0.3) is 0 Å². The summed E-state index contributed by atoms with van der Waals surface area (Å²) in [6.07, 6.45) is 0. The van der Waals surface area contributed by atoms with Crippen LogP contribution in [-0.2, 0) is 9.53 Å². The Hall–Kier alpha value is -2.53. The second-order valence-corrected chi connectivity index (χ2v) is 6.71. The zero-order valence-electron chi connectivity index (χ0n) is 16.9. The van der Waals surface area contributed by atoms with Crippen LogP contribution in [0.15, 0.2) is 36.4 Å². The molecule has 0 heterocycles. The summed E-state index contributed by atoms with van der Waals surface area (Å²) >= 11 is 0. The van der Waals surface area contributed by atoms with E-state index in [1.54, 1.807) is 6.92 Å². The highest BCUT2D eigenvalue weighted by Gasteiger charge is 2.08. The highest BCUT2D eigenvalue weighted by atomic mass is 16.6. The van der Waals surface area contributed by atoms with Crippen LogP contribution >= 0.6 is 0 Å². The number of ether oxygens (including phenoxy) is 3. The van der Waals surface area contributed by atoms with E-state index < -0.39 is 0 Å². The molecule has 0 saturated heterocycles. The molecule has 5 nitrogen and oxygen atoms in total. The van der Waals surface area contributed by atoms with Gasteiger partial charge in [-0.05, 0) is 81.4 Å². The maximum atomic E-state index is 11.4. The molecule has 0 aliphatic carbocycles. The molecule has 0 atom stereocenters. The standard InChI is InChI=1S/C22H29NO4/c1-6-25-22(24)15-27-21-10-8-19(14-17(21)3)18-7-9-20(16(2)13-18)26-12-11-23(4)5/h7-10,13-14H,6,11-12,15H2,1-5H3. The smallest absolute Gasteiger partial charge is 0.344 e. The average Bonchev–Trinajstić information content (AvgIpc) is 2.62. The number of carbonyl (C=O) groups excluding carboxylic acids is 1. The second kappa shape index (κ2) is 9.97. The van der Waals surface area contributed by atoms with Crippen molar-refractivity contribution in [3.63, 3.8) is 0 Å². The number of aryl methyl sites for hydroxylation is 2. The fraction of sp³-hybridized carbons (Fsp3) is 0.409. The first kappa shape index (κ1) is 20.8. The Labute approximate surface area is 161 Å². The summed E-state index contributed by atoms with van der Waals surface area (Å²) in [5.74, 6) is 1.24.